The van der Waals surface area contributed by atoms with E-state index in [0.717, 1.165) is 12.4 Å². The number of hydrogen-bond donors (Lipinski definition) is 2. The average Bonchev–Trinajstić information content (AvgIpc) is 3.15. The Hall–Kier alpha value is -2.17. The van der Waals surface area contributed by atoms with Crippen LogP contribution in [0.4, 0.5) is 5.69 Å². The summed E-state index contributed by atoms with van der Waals surface area (Å²) in [4.78, 5) is 14.8. The number of unbranched alkanes of at least 4 members (excludes halogenated alkanes) is 9. The van der Waals surface area contributed by atoms with Crippen LogP contribution < -0.4 is 5.32 Å². The van der Waals surface area contributed by atoms with Crippen LogP contribution in [0.15, 0.2) is 42.7 Å². The monoisotopic (exact) mass is 417 g/mol. The molecule has 0 amide bonds. The van der Waals surface area contributed by atoms with Gasteiger partial charge in [0.2, 0.25) is 0 Å². The van der Waals surface area contributed by atoms with Gasteiger partial charge in [-0.3, -0.25) is 4.79 Å². The fourth-order valence-electron chi connectivity index (χ4n) is 3.41. The van der Waals surface area contributed by atoms with Gasteiger partial charge < -0.3 is 20.2 Å². The first-order valence-corrected chi connectivity index (χ1v) is 11.7. The molecule has 0 spiro atoms. The van der Waals surface area contributed by atoms with E-state index in [1.165, 1.54) is 70.8 Å². The molecule has 0 unspecified atom stereocenters. The number of carboxylic acid groups (broad SMARTS) is 1. The number of para-hydroxylation sites is 1. The standard InChI is InChI=1S/C16H32N2.C9H11NO2/c1-3-4-5-6-7-8-9-10-11-12-13-18-15-14-17(2)16-18;11-9(12)6-7-10-8-4-2-1-3-5-8/h14-15H,3-13,16H2,1-2H3;1-5,10H,6-7H2,(H,11,12). The molecule has 0 saturated carbocycles. The lowest BCUT2D eigenvalue weighted by Gasteiger charge is -2.17. The summed E-state index contributed by atoms with van der Waals surface area (Å²) in [6.07, 6.45) is 18.8. The smallest absolute Gasteiger partial charge is 0.305 e. The molecule has 30 heavy (non-hydrogen) atoms. The van der Waals surface area contributed by atoms with Gasteiger partial charge in [0.1, 0.15) is 0 Å². The highest BCUT2D eigenvalue weighted by atomic mass is 16.4. The molecule has 1 aliphatic heterocycles. The predicted octanol–water partition coefficient (Wildman–Crippen LogP) is 6.16. The number of benzene rings is 1. The molecule has 5 heteroatoms. The molecule has 1 aromatic rings. The summed E-state index contributed by atoms with van der Waals surface area (Å²) in [5, 5.41) is 11.3. The van der Waals surface area contributed by atoms with Crippen LogP contribution >= 0.6 is 0 Å². The highest BCUT2D eigenvalue weighted by molar-refractivity contribution is 5.67. The lowest BCUT2D eigenvalue weighted by molar-refractivity contribution is -0.136. The highest BCUT2D eigenvalue weighted by Crippen LogP contribution is 2.12. The predicted molar refractivity (Wildman–Crippen MR) is 128 cm³/mol. The van der Waals surface area contributed by atoms with E-state index in [4.69, 9.17) is 5.11 Å². The zero-order valence-corrected chi connectivity index (χ0v) is 19.2. The molecule has 2 rings (SSSR count). The molecule has 0 aromatic heterocycles. The van der Waals surface area contributed by atoms with E-state index >= 15 is 0 Å². The van der Waals surface area contributed by atoms with Crippen LogP contribution in [0.25, 0.3) is 0 Å². The first kappa shape index (κ1) is 25.9. The Labute approximate surface area is 184 Å². The van der Waals surface area contributed by atoms with E-state index in [-0.39, 0.29) is 6.42 Å². The molecular weight excluding hydrogens is 374 g/mol. The summed E-state index contributed by atoms with van der Waals surface area (Å²) >= 11 is 0. The lowest BCUT2D eigenvalue weighted by Crippen LogP contribution is -2.23. The van der Waals surface area contributed by atoms with Crippen LogP contribution in [0, 0.1) is 0 Å². The van der Waals surface area contributed by atoms with Crippen molar-refractivity contribution in [2.24, 2.45) is 0 Å². The number of nitrogens with zero attached hydrogens (tertiary/aromatic N) is 2. The molecule has 5 nitrogen and oxygen atoms in total. The van der Waals surface area contributed by atoms with Gasteiger partial charge in [-0.05, 0) is 18.6 Å². The van der Waals surface area contributed by atoms with Gasteiger partial charge in [-0.25, -0.2) is 0 Å². The maximum Gasteiger partial charge on any atom is 0.305 e. The average molecular weight is 418 g/mol. The van der Waals surface area contributed by atoms with Crippen LogP contribution in [0.2, 0.25) is 0 Å². The van der Waals surface area contributed by atoms with Crippen LogP contribution in [0.1, 0.15) is 77.6 Å². The SMILES string of the molecule is CCCCCCCCCCCCN1C=CN(C)C1.O=C(O)CCNc1ccccc1. The third kappa shape index (κ3) is 14.8. The van der Waals surface area contributed by atoms with Crippen LogP contribution in [-0.2, 0) is 4.79 Å². The van der Waals surface area contributed by atoms with E-state index in [1.807, 2.05) is 30.3 Å². The molecular formula is C25H43N3O2. The van der Waals surface area contributed by atoms with Crippen molar-refractivity contribution in [1.82, 2.24) is 9.80 Å². The van der Waals surface area contributed by atoms with Gasteiger partial charge in [-0.1, -0.05) is 82.9 Å². The minimum Gasteiger partial charge on any atom is -0.481 e. The van der Waals surface area contributed by atoms with Crippen molar-refractivity contribution >= 4 is 11.7 Å². The van der Waals surface area contributed by atoms with Gasteiger partial charge in [0.05, 0.1) is 13.1 Å². The Kier molecular flexibility index (Phi) is 15.2. The quantitative estimate of drug-likeness (QED) is 0.335. The van der Waals surface area contributed by atoms with E-state index < -0.39 is 5.97 Å². The van der Waals surface area contributed by atoms with E-state index in [0.29, 0.717) is 6.54 Å². The van der Waals surface area contributed by atoms with Gasteiger partial charge in [0.15, 0.2) is 0 Å². The van der Waals surface area contributed by atoms with E-state index in [2.05, 4.69) is 41.5 Å². The summed E-state index contributed by atoms with van der Waals surface area (Å²) in [6, 6.07) is 9.54. The molecule has 1 aromatic carbocycles. The Bertz CT molecular complexity index is 563. The first-order valence-electron chi connectivity index (χ1n) is 11.7. The molecule has 0 atom stereocenters. The van der Waals surface area contributed by atoms with Crippen molar-refractivity contribution in [1.29, 1.82) is 0 Å². The van der Waals surface area contributed by atoms with Crippen LogP contribution in [-0.4, -0.2) is 47.7 Å². The molecule has 0 bridgehead atoms. The maximum atomic E-state index is 10.1. The van der Waals surface area contributed by atoms with Crippen molar-refractivity contribution in [2.75, 3.05) is 32.1 Å². The third-order valence-corrected chi connectivity index (χ3v) is 5.18. The Balaban J connectivity index is 0.000000325. The molecule has 0 radical (unpaired) electrons. The van der Waals surface area contributed by atoms with Crippen molar-refractivity contribution in [3.8, 4) is 0 Å². The Morgan fingerprint density at radius 2 is 1.53 bits per heavy atom. The molecule has 1 heterocycles. The molecule has 1 aliphatic rings. The van der Waals surface area contributed by atoms with Gasteiger partial charge >= 0.3 is 5.97 Å². The van der Waals surface area contributed by atoms with Gasteiger partial charge in [0.25, 0.3) is 0 Å². The van der Waals surface area contributed by atoms with Crippen molar-refractivity contribution < 1.29 is 9.90 Å². The highest BCUT2D eigenvalue weighted by Gasteiger charge is 2.06. The number of aliphatic carboxylic acids is 1. The second kappa shape index (κ2) is 17.7. The van der Waals surface area contributed by atoms with E-state index in [1.54, 1.807) is 0 Å². The Morgan fingerprint density at radius 1 is 0.933 bits per heavy atom. The number of nitrogens with one attached hydrogen (secondary N) is 1. The number of carbonyl (C=O) groups is 1. The van der Waals surface area contributed by atoms with Crippen molar-refractivity contribution in [3.63, 3.8) is 0 Å². The zero-order chi connectivity index (χ0) is 21.9. The molecule has 0 saturated heterocycles. The van der Waals surface area contributed by atoms with Crippen LogP contribution in [0.3, 0.4) is 0 Å². The number of hydrogen-bond acceptors (Lipinski definition) is 4. The van der Waals surface area contributed by atoms with Crippen molar-refractivity contribution in [3.05, 3.63) is 42.7 Å². The first-order chi connectivity index (χ1) is 14.6. The summed E-state index contributed by atoms with van der Waals surface area (Å²) in [5.41, 5.74) is 0.957. The van der Waals surface area contributed by atoms with Gasteiger partial charge in [-0.15, -0.1) is 0 Å². The minimum absolute atomic E-state index is 0.148. The summed E-state index contributed by atoms with van der Waals surface area (Å²) < 4.78 is 0. The molecule has 0 fully saturated rings. The third-order valence-electron chi connectivity index (χ3n) is 5.18. The lowest BCUT2D eigenvalue weighted by atomic mass is 10.1. The summed E-state index contributed by atoms with van der Waals surface area (Å²) in [6.45, 7) is 5.07. The topological polar surface area (TPSA) is 55.8 Å². The fourth-order valence-corrected chi connectivity index (χ4v) is 3.41. The zero-order valence-electron chi connectivity index (χ0n) is 19.2. The fraction of sp³-hybridized carbons (Fsp3) is 0.640. The van der Waals surface area contributed by atoms with Crippen LogP contribution in [0.5, 0.6) is 0 Å². The maximum absolute atomic E-state index is 10.1. The number of anilines is 1. The summed E-state index contributed by atoms with van der Waals surface area (Å²) in [5.74, 6) is -0.779. The minimum atomic E-state index is -0.779. The van der Waals surface area contributed by atoms with Crippen molar-refractivity contribution in [2.45, 2.75) is 77.6 Å². The second-order valence-electron chi connectivity index (χ2n) is 8.13. The molecule has 170 valence electrons. The molecule has 0 aliphatic carbocycles. The molecule has 2 N–H and O–H groups in total. The summed E-state index contributed by atoms with van der Waals surface area (Å²) in [7, 11) is 2.13. The normalized spacial score (nSPS) is 12.6. The van der Waals surface area contributed by atoms with E-state index in [9.17, 15) is 4.79 Å². The Morgan fingerprint density at radius 3 is 2.07 bits per heavy atom. The van der Waals surface area contributed by atoms with Gasteiger partial charge in [-0.2, -0.15) is 0 Å². The number of carboxylic acids is 1. The second-order valence-corrected chi connectivity index (χ2v) is 8.13. The van der Waals surface area contributed by atoms with Gasteiger partial charge in [0, 0.05) is 38.2 Å². The number of rotatable bonds is 15. The largest absolute Gasteiger partial charge is 0.481 e.